The van der Waals surface area contributed by atoms with E-state index in [0.29, 0.717) is 4.47 Å². The first-order valence-corrected chi connectivity index (χ1v) is 6.52. The predicted molar refractivity (Wildman–Crippen MR) is 74.2 cm³/mol. The van der Waals surface area contributed by atoms with Crippen molar-refractivity contribution in [3.05, 3.63) is 45.9 Å². The molecule has 0 unspecified atom stereocenters. The molecular formula is C13H15BrFN3. The van der Waals surface area contributed by atoms with E-state index in [2.05, 4.69) is 26.3 Å². The molecule has 2 aromatic rings. The minimum absolute atomic E-state index is 0.246. The van der Waals surface area contributed by atoms with Gasteiger partial charge in [-0.05, 0) is 52.5 Å². The Kier molecular flexibility index (Phi) is 4.01. The Morgan fingerprint density at radius 3 is 2.89 bits per heavy atom. The highest BCUT2D eigenvalue weighted by molar-refractivity contribution is 9.10. The first-order valence-electron chi connectivity index (χ1n) is 5.73. The van der Waals surface area contributed by atoms with Crippen molar-refractivity contribution in [1.29, 1.82) is 0 Å². The summed E-state index contributed by atoms with van der Waals surface area (Å²) < 4.78 is 15.7. The smallest absolute Gasteiger partial charge is 0.139 e. The Labute approximate surface area is 114 Å². The zero-order valence-corrected chi connectivity index (χ0v) is 12.0. The average Bonchev–Trinajstić information content (AvgIpc) is 2.71. The molecule has 0 spiro atoms. The van der Waals surface area contributed by atoms with Crippen LogP contribution in [0.3, 0.4) is 0 Å². The third-order valence-electron chi connectivity index (χ3n) is 2.75. The Balaban J connectivity index is 1.96. The molecule has 0 aliphatic carbocycles. The van der Waals surface area contributed by atoms with Crippen molar-refractivity contribution in [3.8, 4) is 0 Å². The van der Waals surface area contributed by atoms with Gasteiger partial charge in [0.1, 0.15) is 5.82 Å². The number of benzene rings is 1. The van der Waals surface area contributed by atoms with Crippen LogP contribution in [-0.4, -0.2) is 16.3 Å². The number of halogens is 2. The highest BCUT2D eigenvalue weighted by atomic mass is 79.9. The van der Waals surface area contributed by atoms with Crippen LogP contribution in [0.1, 0.15) is 11.1 Å². The Morgan fingerprint density at radius 2 is 2.22 bits per heavy atom. The molecule has 1 heterocycles. The first kappa shape index (κ1) is 13.1. The lowest BCUT2D eigenvalue weighted by Crippen LogP contribution is -2.06. The predicted octanol–water partition coefficient (Wildman–Crippen LogP) is 3.28. The quantitative estimate of drug-likeness (QED) is 0.939. The van der Waals surface area contributed by atoms with Gasteiger partial charge in [-0.15, -0.1) is 0 Å². The molecule has 0 saturated heterocycles. The molecule has 0 amide bonds. The SMILES string of the molecule is Cc1cc(Br)c(F)cc1NCCc1cnn(C)c1. The largest absolute Gasteiger partial charge is 0.384 e. The summed E-state index contributed by atoms with van der Waals surface area (Å²) in [5, 5.41) is 7.35. The average molecular weight is 312 g/mol. The second-order valence-electron chi connectivity index (χ2n) is 4.28. The molecule has 18 heavy (non-hydrogen) atoms. The third kappa shape index (κ3) is 3.10. The van der Waals surface area contributed by atoms with E-state index >= 15 is 0 Å². The molecule has 0 atom stereocenters. The van der Waals surface area contributed by atoms with Crippen LogP contribution in [0, 0.1) is 12.7 Å². The van der Waals surface area contributed by atoms with Crippen molar-refractivity contribution in [2.24, 2.45) is 7.05 Å². The number of hydrogen-bond acceptors (Lipinski definition) is 2. The van der Waals surface area contributed by atoms with Crippen molar-refractivity contribution >= 4 is 21.6 Å². The second kappa shape index (κ2) is 5.52. The topological polar surface area (TPSA) is 29.9 Å². The highest BCUT2D eigenvalue weighted by Crippen LogP contribution is 2.23. The maximum atomic E-state index is 13.4. The number of aromatic nitrogens is 2. The van der Waals surface area contributed by atoms with Gasteiger partial charge in [0, 0.05) is 25.5 Å². The van der Waals surface area contributed by atoms with Crippen molar-refractivity contribution in [2.75, 3.05) is 11.9 Å². The minimum atomic E-state index is -0.246. The fourth-order valence-corrected chi connectivity index (χ4v) is 2.24. The zero-order chi connectivity index (χ0) is 13.1. The maximum absolute atomic E-state index is 13.4. The van der Waals surface area contributed by atoms with Crippen molar-refractivity contribution in [2.45, 2.75) is 13.3 Å². The van der Waals surface area contributed by atoms with Crippen LogP contribution in [0.25, 0.3) is 0 Å². The van der Waals surface area contributed by atoms with Crippen LogP contribution in [0.2, 0.25) is 0 Å². The van der Waals surface area contributed by atoms with Gasteiger partial charge in [-0.2, -0.15) is 5.10 Å². The number of aryl methyl sites for hydroxylation is 2. The van der Waals surface area contributed by atoms with E-state index in [1.807, 2.05) is 26.4 Å². The molecule has 1 aromatic carbocycles. The molecule has 0 bridgehead atoms. The van der Waals surface area contributed by atoms with Crippen molar-refractivity contribution in [1.82, 2.24) is 9.78 Å². The molecule has 0 aliphatic heterocycles. The summed E-state index contributed by atoms with van der Waals surface area (Å²) in [6.07, 6.45) is 4.69. The summed E-state index contributed by atoms with van der Waals surface area (Å²) in [5.41, 5.74) is 3.02. The van der Waals surface area contributed by atoms with Crippen molar-refractivity contribution < 1.29 is 4.39 Å². The number of anilines is 1. The van der Waals surface area contributed by atoms with Gasteiger partial charge in [0.2, 0.25) is 0 Å². The van der Waals surface area contributed by atoms with Crippen LogP contribution in [0.4, 0.5) is 10.1 Å². The Hall–Kier alpha value is -1.36. The molecule has 0 fully saturated rings. The maximum Gasteiger partial charge on any atom is 0.139 e. The van der Waals surface area contributed by atoms with E-state index in [4.69, 9.17) is 0 Å². The Bertz CT molecular complexity index is 551. The van der Waals surface area contributed by atoms with E-state index < -0.39 is 0 Å². The molecule has 5 heteroatoms. The molecule has 0 radical (unpaired) electrons. The number of rotatable bonds is 4. The van der Waals surface area contributed by atoms with Gasteiger partial charge in [0.05, 0.1) is 10.7 Å². The molecular weight excluding hydrogens is 297 g/mol. The summed E-state index contributed by atoms with van der Waals surface area (Å²) in [7, 11) is 1.89. The normalized spacial score (nSPS) is 10.7. The van der Waals surface area contributed by atoms with Gasteiger partial charge >= 0.3 is 0 Å². The van der Waals surface area contributed by atoms with Crippen molar-refractivity contribution in [3.63, 3.8) is 0 Å². The fourth-order valence-electron chi connectivity index (χ4n) is 1.78. The number of nitrogens with zero attached hydrogens (tertiary/aromatic N) is 2. The fraction of sp³-hybridized carbons (Fsp3) is 0.308. The monoisotopic (exact) mass is 311 g/mol. The molecule has 1 aromatic heterocycles. The second-order valence-corrected chi connectivity index (χ2v) is 5.13. The number of nitrogens with one attached hydrogen (secondary N) is 1. The molecule has 0 aliphatic rings. The third-order valence-corrected chi connectivity index (χ3v) is 3.36. The van der Waals surface area contributed by atoms with E-state index in [-0.39, 0.29) is 5.82 Å². The summed E-state index contributed by atoms with van der Waals surface area (Å²) in [6.45, 7) is 2.71. The van der Waals surface area contributed by atoms with Crippen LogP contribution in [-0.2, 0) is 13.5 Å². The van der Waals surface area contributed by atoms with Gasteiger partial charge in [-0.3, -0.25) is 4.68 Å². The van der Waals surface area contributed by atoms with Crippen LogP contribution in [0.5, 0.6) is 0 Å². The lowest BCUT2D eigenvalue weighted by atomic mass is 10.2. The standard InChI is InChI=1S/C13H15BrFN3/c1-9-5-11(14)12(15)6-13(9)16-4-3-10-7-17-18(2)8-10/h5-8,16H,3-4H2,1-2H3. The van der Waals surface area contributed by atoms with Gasteiger partial charge < -0.3 is 5.32 Å². The lowest BCUT2D eigenvalue weighted by Gasteiger charge is -2.10. The summed E-state index contributed by atoms with van der Waals surface area (Å²) in [6, 6.07) is 3.30. The lowest BCUT2D eigenvalue weighted by molar-refractivity contribution is 0.621. The van der Waals surface area contributed by atoms with E-state index in [1.165, 1.54) is 11.6 Å². The zero-order valence-electron chi connectivity index (χ0n) is 10.4. The van der Waals surface area contributed by atoms with Crippen LogP contribution in [0.15, 0.2) is 29.0 Å². The highest BCUT2D eigenvalue weighted by Gasteiger charge is 2.05. The van der Waals surface area contributed by atoms with Crippen LogP contribution >= 0.6 is 15.9 Å². The number of hydrogen-bond donors (Lipinski definition) is 1. The summed E-state index contributed by atoms with van der Waals surface area (Å²) >= 11 is 3.17. The van der Waals surface area contributed by atoms with E-state index in [0.717, 1.165) is 24.2 Å². The molecule has 0 saturated carbocycles. The molecule has 96 valence electrons. The first-order chi connectivity index (χ1) is 8.56. The Morgan fingerprint density at radius 1 is 1.44 bits per heavy atom. The summed E-state index contributed by atoms with van der Waals surface area (Å²) in [5.74, 6) is -0.246. The molecule has 2 rings (SSSR count). The van der Waals surface area contributed by atoms with E-state index in [1.54, 1.807) is 10.7 Å². The van der Waals surface area contributed by atoms with E-state index in [9.17, 15) is 4.39 Å². The minimum Gasteiger partial charge on any atom is -0.384 e. The molecule has 1 N–H and O–H groups in total. The van der Waals surface area contributed by atoms with Gasteiger partial charge in [0.15, 0.2) is 0 Å². The van der Waals surface area contributed by atoms with Gasteiger partial charge in [-0.1, -0.05) is 0 Å². The molecule has 3 nitrogen and oxygen atoms in total. The van der Waals surface area contributed by atoms with Crippen LogP contribution < -0.4 is 5.32 Å². The van der Waals surface area contributed by atoms with Gasteiger partial charge in [0.25, 0.3) is 0 Å². The van der Waals surface area contributed by atoms with Gasteiger partial charge in [-0.25, -0.2) is 4.39 Å². The summed E-state index contributed by atoms with van der Waals surface area (Å²) in [4.78, 5) is 0.